The molecule has 126 valence electrons. The van der Waals surface area contributed by atoms with Crippen LogP contribution >= 0.6 is 0 Å². The summed E-state index contributed by atoms with van der Waals surface area (Å²) in [5, 5.41) is 2.37. The van der Waals surface area contributed by atoms with E-state index in [0.717, 1.165) is 17.6 Å². The smallest absolute Gasteiger partial charge is 0.139 e. The monoisotopic (exact) mass is 344 g/mol. The van der Waals surface area contributed by atoms with E-state index >= 15 is 0 Å². The Balaban J connectivity index is 1.48. The summed E-state index contributed by atoms with van der Waals surface area (Å²) in [5.41, 5.74) is 11.2. The zero-order chi connectivity index (χ0) is 18.0. The van der Waals surface area contributed by atoms with E-state index in [-0.39, 0.29) is 0 Å². The molecule has 0 atom stereocenters. The molecule has 27 heavy (non-hydrogen) atoms. The molecule has 0 unspecified atom stereocenters. The fraction of sp³-hybridized carbons (Fsp3) is 0.0400. The van der Waals surface area contributed by atoms with Crippen molar-refractivity contribution in [3.8, 4) is 22.3 Å². The lowest BCUT2D eigenvalue weighted by atomic mass is 9.95. The van der Waals surface area contributed by atoms with Crippen molar-refractivity contribution in [2.45, 2.75) is 6.42 Å². The van der Waals surface area contributed by atoms with Crippen molar-refractivity contribution >= 4 is 35.2 Å². The molecule has 0 N–H and O–H groups in total. The average molecular weight is 344 g/mol. The number of benzene rings is 4. The summed E-state index contributed by atoms with van der Waals surface area (Å²) < 4.78 is 6.14. The third-order valence-corrected chi connectivity index (χ3v) is 5.76. The van der Waals surface area contributed by atoms with Gasteiger partial charge in [0.25, 0.3) is 0 Å². The minimum atomic E-state index is 0.955. The van der Waals surface area contributed by atoms with Gasteiger partial charge in [0, 0.05) is 10.8 Å². The summed E-state index contributed by atoms with van der Waals surface area (Å²) in [6.45, 7) is 0. The molecule has 0 radical (unpaired) electrons. The van der Waals surface area contributed by atoms with Crippen molar-refractivity contribution in [1.82, 2.24) is 0 Å². The van der Waals surface area contributed by atoms with Gasteiger partial charge in [0.2, 0.25) is 0 Å². The summed E-state index contributed by atoms with van der Waals surface area (Å²) in [6, 6.07) is 28.5. The Hall–Kier alpha value is -3.26. The maximum absolute atomic E-state index is 6.14. The Morgan fingerprint density at radius 2 is 1.33 bits per heavy atom. The highest BCUT2D eigenvalue weighted by Crippen LogP contribution is 2.39. The third kappa shape index (κ3) is 2.20. The van der Waals surface area contributed by atoms with Gasteiger partial charge in [-0.15, -0.1) is 0 Å². The highest BCUT2D eigenvalue weighted by Gasteiger charge is 2.18. The minimum Gasteiger partial charge on any atom is -0.456 e. The highest BCUT2D eigenvalue weighted by molar-refractivity contribution is 6.33. The summed E-state index contributed by atoms with van der Waals surface area (Å²) in [4.78, 5) is 0. The van der Waals surface area contributed by atoms with Gasteiger partial charge in [0.1, 0.15) is 19.0 Å². The van der Waals surface area contributed by atoms with E-state index in [2.05, 4.69) is 86.7 Å². The van der Waals surface area contributed by atoms with E-state index in [1.54, 1.807) is 0 Å². The molecular formula is C25H17BO. The van der Waals surface area contributed by atoms with Crippen LogP contribution in [0.1, 0.15) is 11.1 Å². The van der Waals surface area contributed by atoms with E-state index in [4.69, 9.17) is 4.42 Å². The third-order valence-electron chi connectivity index (χ3n) is 5.76. The second-order valence-corrected chi connectivity index (χ2v) is 7.52. The molecule has 1 aliphatic rings. The minimum absolute atomic E-state index is 0.955. The standard InChI is InChI=1S/C25H17BO/c26-19-7-10-23-22-9-6-16(13-24(22)27-25(23)14-19)15-5-8-21-18(11-15)12-17-3-1-2-4-20(17)21/h1-11,13-14H,12,26H2. The SMILES string of the molecule is Bc1ccc2c(c1)oc1cc(-c3ccc4c(c3)Cc3ccccc3-4)ccc12. The molecule has 0 amide bonds. The molecule has 1 aromatic heterocycles. The molecule has 6 rings (SSSR count). The van der Waals surface area contributed by atoms with Gasteiger partial charge in [-0.25, -0.2) is 0 Å². The first kappa shape index (κ1) is 14.9. The van der Waals surface area contributed by atoms with Gasteiger partial charge in [-0.2, -0.15) is 0 Å². The molecule has 1 heterocycles. The van der Waals surface area contributed by atoms with Crippen LogP contribution in [-0.4, -0.2) is 7.85 Å². The maximum Gasteiger partial charge on any atom is 0.139 e. The van der Waals surface area contributed by atoms with Crippen molar-refractivity contribution in [3.05, 3.63) is 90.0 Å². The quantitative estimate of drug-likeness (QED) is 0.379. The summed E-state index contributed by atoms with van der Waals surface area (Å²) >= 11 is 0. The summed E-state index contributed by atoms with van der Waals surface area (Å²) in [7, 11) is 2.10. The van der Waals surface area contributed by atoms with Crippen molar-refractivity contribution in [1.29, 1.82) is 0 Å². The second kappa shape index (κ2) is 5.37. The van der Waals surface area contributed by atoms with Gasteiger partial charge in [0.05, 0.1) is 0 Å². The maximum atomic E-state index is 6.14. The van der Waals surface area contributed by atoms with Gasteiger partial charge < -0.3 is 4.42 Å². The molecule has 0 aliphatic heterocycles. The van der Waals surface area contributed by atoms with Crippen LogP contribution in [0.15, 0.2) is 83.3 Å². The van der Waals surface area contributed by atoms with Crippen LogP contribution in [0, 0.1) is 0 Å². The van der Waals surface area contributed by atoms with Crippen LogP contribution in [0.25, 0.3) is 44.2 Å². The van der Waals surface area contributed by atoms with Crippen LogP contribution < -0.4 is 5.46 Å². The van der Waals surface area contributed by atoms with Gasteiger partial charge in [0.15, 0.2) is 0 Å². The topological polar surface area (TPSA) is 13.1 Å². The molecule has 5 aromatic rings. The number of fused-ring (bicyclic) bond motifs is 6. The Morgan fingerprint density at radius 3 is 2.26 bits per heavy atom. The van der Waals surface area contributed by atoms with Crippen LogP contribution in [0.5, 0.6) is 0 Å². The molecule has 0 saturated heterocycles. The summed E-state index contributed by atoms with van der Waals surface area (Å²) in [6.07, 6.45) is 1.02. The molecular weight excluding hydrogens is 327 g/mol. The molecule has 1 aliphatic carbocycles. The lowest BCUT2D eigenvalue weighted by molar-refractivity contribution is 0.669. The molecule has 4 aromatic carbocycles. The van der Waals surface area contributed by atoms with Crippen molar-refractivity contribution < 1.29 is 4.42 Å². The van der Waals surface area contributed by atoms with E-state index in [9.17, 15) is 0 Å². The Morgan fingerprint density at radius 1 is 0.630 bits per heavy atom. The molecule has 0 bridgehead atoms. The van der Waals surface area contributed by atoms with Gasteiger partial charge in [-0.05, 0) is 58.0 Å². The van der Waals surface area contributed by atoms with Gasteiger partial charge in [-0.1, -0.05) is 66.1 Å². The lowest BCUT2D eigenvalue weighted by Crippen LogP contribution is -1.98. The lowest BCUT2D eigenvalue weighted by Gasteiger charge is -2.06. The number of furan rings is 1. The zero-order valence-corrected chi connectivity index (χ0v) is 15.1. The second-order valence-electron chi connectivity index (χ2n) is 7.52. The predicted octanol–water partition coefficient (Wildman–Crippen LogP) is 5.08. The van der Waals surface area contributed by atoms with E-state index in [1.807, 2.05) is 0 Å². The Bertz CT molecular complexity index is 1360. The molecule has 2 heteroatoms. The number of hydrogen-bond acceptors (Lipinski definition) is 1. The summed E-state index contributed by atoms with van der Waals surface area (Å²) in [5.74, 6) is 0. The van der Waals surface area contributed by atoms with Crippen LogP contribution in [0.2, 0.25) is 0 Å². The normalized spacial score (nSPS) is 12.4. The number of rotatable bonds is 1. The first-order chi connectivity index (χ1) is 13.3. The van der Waals surface area contributed by atoms with E-state index < -0.39 is 0 Å². The fourth-order valence-corrected chi connectivity index (χ4v) is 4.39. The Kier molecular flexibility index (Phi) is 2.96. The largest absolute Gasteiger partial charge is 0.456 e. The highest BCUT2D eigenvalue weighted by atomic mass is 16.3. The first-order valence-electron chi connectivity index (χ1n) is 9.41. The van der Waals surface area contributed by atoms with E-state index in [0.29, 0.717) is 0 Å². The number of hydrogen-bond donors (Lipinski definition) is 0. The van der Waals surface area contributed by atoms with Gasteiger partial charge in [-0.3, -0.25) is 0 Å². The van der Waals surface area contributed by atoms with Crippen LogP contribution in [-0.2, 0) is 6.42 Å². The fourth-order valence-electron chi connectivity index (χ4n) is 4.39. The average Bonchev–Trinajstić information content (AvgIpc) is 3.24. The van der Waals surface area contributed by atoms with Crippen molar-refractivity contribution in [3.63, 3.8) is 0 Å². The van der Waals surface area contributed by atoms with Crippen LogP contribution in [0.4, 0.5) is 0 Å². The van der Waals surface area contributed by atoms with Gasteiger partial charge >= 0.3 is 0 Å². The molecule has 0 saturated carbocycles. The zero-order valence-electron chi connectivity index (χ0n) is 15.1. The molecule has 0 fully saturated rings. The predicted molar refractivity (Wildman–Crippen MR) is 116 cm³/mol. The molecule has 1 nitrogen and oxygen atoms in total. The van der Waals surface area contributed by atoms with Crippen molar-refractivity contribution in [2.24, 2.45) is 0 Å². The van der Waals surface area contributed by atoms with E-state index in [1.165, 1.54) is 49.6 Å². The van der Waals surface area contributed by atoms with Crippen molar-refractivity contribution in [2.75, 3.05) is 0 Å². The molecule has 0 spiro atoms. The first-order valence-corrected chi connectivity index (χ1v) is 9.41. The van der Waals surface area contributed by atoms with Crippen LogP contribution in [0.3, 0.4) is 0 Å². The Labute approximate surface area is 158 Å².